The first-order chi connectivity index (χ1) is 8.38. The van der Waals surface area contributed by atoms with E-state index in [1.807, 2.05) is 0 Å². The molecule has 0 radical (unpaired) electrons. The molecule has 100 valence electrons. The zero-order valence-electron chi connectivity index (χ0n) is 11.1. The third-order valence-corrected chi connectivity index (χ3v) is 4.23. The lowest BCUT2D eigenvalue weighted by molar-refractivity contribution is -0.309. The Hall–Kier alpha value is -0.120. The summed E-state index contributed by atoms with van der Waals surface area (Å²) in [5, 5.41) is 3.86. The Balaban J connectivity index is 1.66. The van der Waals surface area contributed by atoms with Crippen molar-refractivity contribution in [3.05, 3.63) is 0 Å². The third kappa shape index (κ3) is 4.57. The Morgan fingerprint density at radius 2 is 1.35 bits per heavy atom. The van der Waals surface area contributed by atoms with Crippen molar-refractivity contribution in [3.8, 4) is 0 Å². The molecule has 3 nitrogen and oxygen atoms in total. The van der Waals surface area contributed by atoms with Crippen molar-refractivity contribution in [2.75, 3.05) is 7.11 Å². The molecular formula is C14H27NO2. The molecule has 0 amide bonds. The van der Waals surface area contributed by atoms with Crippen LogP contribution in [0.4, 0.5) is 0 Å². The van der Waals surface area contributed by atoms with Gasteiger partial charge >= 0.3 is 0 Å². The van der Waals surface area contributed by atoms with Gasteiger partial charge in [0.05, 0.1) is 13.2 Å². The first-order valence-corrected chi connectivity index (χ1v) is 7.34. The van der Waals surface area contributed by atoms with Crippen LogP contribution in [0, 0.1) is 0 Å². The van der Waals surface area contributed by atoms with Crippen LogP contribution in [-0.2, 0) is 9.78 Å². The number of nitrogens with one attached hydrogen (secondary N) is 1. The summed E-state index contributed by atoms with van der Waals surface area (Å²) in [5.41, 5.74) is 0. The quantitative estimate of drug-likeness (QED) is 0.466. The largest absolute Gasteiger partial charge is 0.311 e. The molecule has 0 saturated heterocycles. The van der Waals surface area contributed by atoms with E-state index in [1.54, 1.807) is 7.11 Å². The summed E-state index contributed by atoms with van der Waals surface area (Å²) >= 11 is 0. The van der Waals surface area contributed by atoms with E-state index >= 15 is 0 Å². The van der Waals surface area contributed by atoms with Crippen molar-refractivity contribution < 1.29 is 9.78 Å². The molecule has 0 aromatic rings. The van der Waals surface area contributed by atoms with E-state index in [2.05, 4.69) is 5.32 Å². The summed E-state index contributed by atoms with van der Waals surface area (Å²) in [7, 11) is 1.61. The topological polar surface area (TPSA) is 30.5 Å². The molecule has 0 unspecified atom stereocenters. The van der Waals surface area contributed by atoms with Gasteiger partial charge in [-0.25, -0.2) is 9.78 Å². The molecule has 0 atom stereocenters. The maximum absolute atomic E-state index is 5.21. The van der Waals surface area contributed by atoms with Gasteiger partial charge in [-0.15, -0.1) is 0 Å². The van der Waals surface area contributed by atoms with Crippen LogP contribution in [0.15, 0.2) is 0 Å². The molecule has 17 heavy (non-hydrogen) atoms. The smallest absolute Gasteiger partial charge is 0.0931 e. The monoisotopic (exact) mass is 241 g/mol. The van der Waals surface area contributed by atoms with Crippen molar-refractivity contribution in [1.29, 1.82) is 0 Å². The van der Waals surface area contributed by atoms with Crippen LogP contribution >= 0.6 is 0 Å². The molecule has 0 aromatic heterocycles. The molecular weight excluding hydrogens is 214 g/mol. The molecule has 0 bridgehead atoms. The summed E-state index contributed by atoms with van der Waals surface area (Å²) in [6.45, 7) is 0. The lowest BCUT2D eigenvalue weighted by atomic mass is 9.92. The van der Waals surface area contributed by atoms with Gasteiger partial charge in [0.1, 0.15) is 0 Å². The Morgan fingerprint density at radius 1 is 0.765 bits per heavy atom. The average Bonchev–Trinajstić information content (AvgIpc) is 2.61. The Bertz CT molecular complexity index is 194. The number of hydrogen-bond donors (Lipinski definition) is 1. The highest BCUT2D eigenvalue weighted by molar-refractivity contribution is 4.81. The van der Waals surface area contributed by atoms with Crippen molar-refractivity contribution >= 4 is 0 Å². The van der Waals surface area contributed by atoms with Gasteiger partial charge in [-0.05, 0) is 38.5 Å². The lowest BCUT2D eigenvalue weighted by Gasteiger charge is -2.31. The van der Waals surface area contributed by atoms with Gasteiger partial charge in [0.2, 0.25) is 0 Å². The van der Waals surface area contributed by atoms with Gasteiger partial charge in [-0.2, -0.15) is 0 Å². The van der Waals surface area contributed by atoms with Crippen LogP contribution in [0.5, 0.6) is 0 Å². The van der Waals surface area contributed by atoms with Crippen LogP contribution in [0.2, 0.25) is 0 Å². The van der Waals surface area contributed by atoms with Gasteiger partial charge in [0.25, 0.3) is 0 Å². The van der Waals surface area contributed by atoms with E-state index < -0.39 is 0 Å². The van der Waals surface area contributed by atoms with E-state index in [9.17, 15) is 0 Å². The second kappa shape index (κ2) is 7.34. The second-order valence-corrected chi connectivity index (χ2v) is 5.59. The van der Waals surface area contributed by atoms with Crippen molar-refractivity contribution in [2.45, 2.75) is 82.4 Å². The summed E-state index contributed by atoms with van der Waals surface area (Å²) in [5.74, 6) is 0. The molecule has 2 aliphatic rings. The minimum Gasteiger partial charge on any atom is -0.311 e. The SMILES string of the molecule is COOC1CCC(NC2CCCCCC2)CC1. The van der Waals surface area contributed by atoms with Gasteiger partial charge < -0.3 is 5.32 Å². The van der Waals surface area contributed by atoms with Crippen LogP contribution < -0.4 is 5.32 Å². The summed E-state index contributed by atoms with van der Waals surface area (Å²) in [4.78, 5) is 9.98. The van der Waals surface area contributed by atoms with Crippen molar-refractivity contribution in [1.82, 2.24) is 5.32 Å². The molecule has 0 aromatic carbocycles. The fourth-order valence-corrected chi connectivity index (χ4v) is 3.24. The Labute approximate surface area is 105 Å². The Kier molecular flexibility index (Phi) is 5.75. The number of rotatable bonds is 4. The van der Waals surface area contributed by atoms with Crippen LogP contribution in [0.25, 0.3) is 0 Å². The summed E-state index contributed by atoms with van der Waals surface area (Å²) in [6.07, 6.45) is 13.6. The van der Waals surface area contributed by atoms with E-state index in [0.29, 0.717) is 6.10 Å². The maximum Gasteiger partial charge on any atom is 0.0931 e. The summed E-state index contributed by atoms with van der Waals surface area (Å²) in [6, 6.07) is 1.50. The normalized spacial score (nSPS) is 32.3. The molecule has 2 rings (SSSR count). The van der Waals surface area contributed by atoms with E-state index in [4.69, 9.17) is 9.78 Å². The molecule has 3 heteroatoms. The molecule has 0 heterocycles. The van der Waals surface area contributed by atoms with Crippen LogP contribution in [0.3, 0.4) is 0 Å². The minimum absolute atomic E-state index is 0.326. The van der Waals surface area contributed by atoms with Crippen LogP contribution in [0.1, 0.15) is 64.2 Å². The third-order valence-electron chi connectivity index (χ3n) is 4.23. The van der Waals surface area contributed by atoms with Crippen molar-refractivity contribution in [2.24, 2.45) is 0 Å². The van der Waals surface area contributed by atoms with Crippen molar-refractivity contribution in [3.63, 3.8) is 0 Å². The molecule has 1 N–H and O–H groups in total. The molecule has 2 fully saturated rings. The minimum atomic E-state index is 0.326. The first-order valence-electron chi connectivity index (χ1n) is 7.34. The molecule has 2 aliphatic carbocycles. The maximum atomic E-state index is 5.21. The zero-order valence-corrected chi connectivity index (χ0v) is 11.1. The van der Waals surface area contributed by atoms with Gasteiger partial charge in [0.15, 0.2) is 0 Å². The number of hydrogen-bond acceptors (Lipinski definition) is 3. The van der Waals surface area contributed by atoms with E-state index in [1.165, 1.54) is 51.4 Å². The second-order valence-electron chi connectivity index (χ2n) is 5.59. The average molecular weight is 241 g/mol. The highest BCUT2D eigenvalue weighted by Crippen LogP contribution is 2.24. The molecule has 0 spiro atoms. The predicted octanol–water partition coefficient (Wildman–Crippen LogP) is 3.19. The first kappa shape index (κ1) is 13.3. The highest BCUT2D eigenvalue weighted by Gasteiger charge is 2.24. The van der Waals surface area contributed by atoms with Gasteiger partial charge in [0, 0.05) is 12.1 Å². The predicted molar refractivity (Wildman–Crippen MR) is 68.8 cm³/mol. The fourth-order valence-electron chi connectivity index (χ4n) is 3.24. The molecule has 0 aliphatic heterocycles. The van der Waals surface area contributed by atoms with Gasteiger partial charge in [-0.1, -0.05) is 25.7 Å². The lowest BCUT2D eigenvalue weighted by Crippen LogP contribution is -2.41. The zero-order chi connectivity index (χ0) is 11.9. The standard InChI is InChI=1S/C14H27NO2/c1-16-17-14-10-8-13(9-11-14)15-12-6-4-2-3-5-7-12/h12-15H,2-11H2,1H3. The summed E-state index contributed by atoms with van der Waals surface area (Å²) < 4.78 is 0. The Morgan fingerprint density at radius 3 is 1.94 bits per heavy atom. The van der Waals surface area contributed by atoms with Gasteiger partial charge in [-0.3, -0.25) is 0 Å². The highest BCUT2D eigenvalue weighted by atomic mass is 17.2. The van der Waals surface area contributed by atoms with Crippen LogP contribution in [-0.4, -0.2) is 25.3 Å². The van der Waals surface area contributed by atoms with E-state index in [-0.39, 0.29) is 0 Å². The fraction of sp³-hybridized carbons (Fsp3) is 1.00. The molecule has 2 saturated carbocycles. The van der Waals surface area contributed by atoms with E-state index in [0.717, 1.165) is 24.9 Å².